The van der Waals surface area contributed by atoms with E-state index in [4.69, 9.17) is 16.3 Å². The van der Waals surface area contributed by atoms with Crippen LogP contribution in [0.15, 0.2) is 36.4 Å². The fourth-order valence-corrected chi connectivity index (χ4v) is 2.14. The number of nitrogens with zero attached hydrogens (tertiary/aromatic N) is 2. The van der Waals surface area contributed by atoms with Gasteiger partial charge in [0.2, 0.25) is 5.88 Å². The van der Waals surface area contributed by atoms with E-state index in [1.165, 1.54) is 5.56 Å². The molecule has 0 saturated heterocycles. The minimum Gasteiger partial charge on any atom is -0.478 e. The van der Waals surface area contributed by atoms with Crippen molar-refractivity contribution in [2.45, 2.75) is 32.6 Å². The van der Waals surface area contributed by atoms with Crippen molar-refractivity contribution in [1.82, 2.24) is 9.97 Å². The minimum atomic E-state index is 0.446. The van der Waals surface area contributed by atoms with Gasteiger partial charge in [-0.3, -0.25) is 0 Å². The highest BCUT2D eigenvalue weighted by atomic mass is 35.5. The third-order valence-corrected chi connectivity index (χ3v) is 3.09. The Labute approximate surface area is 125 Å². The van der Waals surface area contributed by atoms with Gasteiger partial charge in [0.05, 0.1) is 6.61 Å². The topological polar surface area (TPSA) is 35.0 Å². The van der Waals surface area contributed by atoms with Crippen molar-refractivity contribution in [2.24, 2.45) is 0 Å². The Balaban J connectivity index is 1.81. The van der Waals surface area contributed by atoms with E-state index >= 15 is 0 Å². The number of ether oxygens (including phenoxy) is 1. The molecule has 3 nitrogen and oxygen atoms in total. The highest BCUT2D eigenvalue weighted by Gasteiger charge is 2.03. The zero-order valence-electron chi connectivity index (χ0n) is 11.7. The molecule has 1 heterocycles. The molecule has 0 aliphatic rings. The van der Waals surface area contributed by atoms with Gasteiger partial charge in [-0.1, -0.05) is 48.9 Å². The summed E-state index contributed by atoms with van der Waals surface area (Å²) in [5, 5.41) is 0.446. The number of halogens is 1. The monoisotopic (exact) mass is 290 g/mol. The van der Waals surface area contributed by atoms with Crippen LogP contribution in [0.5, 0.6) is 5.88 Å². The summed E-state index contributed by atoms with van der Waals surface area (Å²) in [4.78, 5) is 8.52. The second-order valence-corrected chi connectivity index (χ2v) is 5.02. The quantitative estimate of drug-likeness (QED) is 0.569. The van der Waals surface area contributed by atoms with Gasteiger partial charge in [0.15, 0.2) is 0 Å². The molecular formula is C16H19ClN2O. The largest absolute Gasteiger partial charge is 0.478 e. The molecule has 0 atom stereocenters. The summed E-state index contributed by atoms with van der Waals surface area (Å²) in [6.07, 6.45) is 3.77. The summed E-state index contributed by atoms with van der Waals surface area (Å²) >= 11 is 5.96. The summed E-state index contributed by atoms with van der Waals surface area (Å²) in [6.45, 7) is 2.72. The summed E-state index contributed by atoms with van der Waals surface area (Å²) in [5.41, 5.74) is 1.32. The van der Waals surface area contributed by atoms with Crippen LogP contribution < -0.4 is 4.74 Å². The van der Waals surface area contributed by atoms with E-state index in [0.29, 0.717) is 17.6 Å². The maximum Gasteiger partial charge on any atom is 0.218 e. The SMILES string of the molecule is CCCc1nc(Cl)cc(OCCCc2ccccc2)n1. The van der Waals surface area contributed by atoms with Crippen molar-refractivity contribution in [1.29, 1.82) is 0 Å². The van der Waals surface area contributed by atoms with E-state index < -0.39 is 0 Å². The van der Waals surface area contributed by atoms with Gasteiger partial charge in [-0.25, -0.2) is 4.98 Å². The summed E-state index contributed by atoms with van der Waals surface area (Å²) in [5.74, 6) is 1.32. The lowest BCUT2D eigenvalue weighted by Crippen LogP contribution is -2.03. The molecule has 0 spiro atoms. The summed E-state index contributed by atoms with van der Waals surface area (Å²) < 4.78 is 5.66. The number of rotatable bonds is 7. The average molecular weight is 291 g/mol. The lowest BCUT2D eigenvalue weighted by molar-refractivity contribution is 0.297. The molecule has 4 heteroatoms. The maximum absolute atomic E-state index is 5.96. The van der Waals surface area contributed by atoms with Crippen LogP contribution in [-0.4, -0.2) is 16.6 Å². The first kappa shape index (κ1) is 14.8. The van der Waals surface area contributed by atoms with Crippen molar-refractivity contribution in [2.75, 3.05) is 6.61 Å². The van der Waals surface area contributed by atoms with Crippen LogP contribution in [0.25, 0.3) is 0 Å². The van der Waals surface area contributed by atoms with E-state index in [2.05, 4.69) is 41.2 Å². The Morgan fingerprint density at radius 2 is 1.90 bits per heavy atom. The molecule has 1 aromatic heterocycles. The number of hydrogen-bond donors (Lipinski definition) is 0. The fraction of sp³-hybridized carbons (Fsp3) is 0.375. The maximum atomic E-state index is 5.96. The van der Waals surface area contributed by atoms with Gasteiger partial charge < -0.3 is 4.74 Å². The van der Waals surface area contributed by atoms with Crippen LogP contribution in [0.1, 0.15) is 31.2 Å². The Morgan fingerprint density at radius 1 is 1.10 bits per heavy atom. The van der Waals surface area contributed by atoms with Gasteiger partial charge in [0, 0.05) is 12.5 Å². The number of benzene rings is 1. The van der Waals surface area contributed by atoms with Crippen molar-refractivity contribution < 1.29 is 4.74 Å². The van der Waals surface area contributed by atoms with Crippen LogP contribution >= 0.6 is 11.6 Å². The molecule has 20 heavy (non-hydrogen) atoms. The number of aromatic nitrogens is 2. The van der Waals surface area contributed by atoms with E-state index in [1.54, 1.807) is 6.07 Å². The van der Waals surface area contributed by atoms with Gasteiger partial charge in [-0.15, -0.1) is 0 Å². The van der Waals surface area contributed by atoms with Crippen molar-refractivity contribution in [3.63, 3.8) is 0 Å². The Morgan fingerprint density at radius 3 is 2.65 bits per heavy atom. The first-order valence-corrected chi connectivity index (χ1v) is 7.36. The van der Waals surface area contributed by atoms with E-state index in [1.807, 2.05) is 6.07 Å². The van der Waals surface area contributed by atoms with Crippen molar-refractivity contribution >= 4 is 11.6 Å². The van der Waals surface area contributed by atoms with Gasteiger partial charge in [-0.2, -0.15) is 4.98 Å². The first-order chi connectivity index (χ1) is 9.78. The number of aryl methyl sites for hydroxylation is 2. The van der Waals surface area contributed by atoms with Gasteiger partial charge >= 0.3 is 0 Å². The molecule has 0 N–H and O–H groups in total. The third-order valence-electron chi connectivity index (χ3n) is 2.89. The highest BCUT2D eigenvalue weighted by Crippen LogP contribution is 2.15. The molecule has 2 aromatic rings. The lowest BCUT2D eigenvalue weighted by Gasteiger charge is -2.07. The summed E-state index contributed by atoms with van der Waals surface area (Å²) in [6, 6.07) is 12.1. The lowest BCUT2D eigenvalue weighted by atomic mass is 10.1. The normalized spacial score (nSPS) is 10.5. The molecule has 2 rings (SSSR count). The Kier molecular flexibility index (Phi) is 5.81. The minimum absolute atomic E-state index is 0.446. The molecule has 0 saturated carbocycles. The molecule has 0 fully saturated rings. The first-order valence-electron chi connectivity index (χ1n) is 6.98. The van der Waals surface area contributed by atoms with Crippen LogP contribution in [0.2, 0.25) is 5.15 Å². The standard InChI is InChI=1S/C16H19ClN2O/c1-2-7-15-18-14(17)12-16(19-15)20-11-6-10-13-8-4-3-5-9-13/h3-5,8-9,12H,2,6-7,10-11H2,1H3. The van der Waals surface area contributed by atoms with Gasteiger partial charge in [0.1, 0.15) is 11.0 Å². The molecule has 1 aromatic carbocycles. The average Bonchev–Trinajstić information content (AvgIpc) is 2.45. The van der Waals surface area contributed by atoms with E-state index in [-0.39, 0.29) is 0 Å². The third kappa shape index (κ3) is 4.82. The van der Waals surface area contributed by atoms with Gasteiger partial charge in [-0.05, 0) is 24.8 Å². The Bertz CT molecular complexity index is 531. The van der Waals surface area contributed by atoms with Crippen LogP contribution in [0, 0.1) is 0 Å². The van der Waals surface area contributed by atoms with Gasteiger partial charge in [0.25, 0.3) is 0 Å². The fourth-order valence-electron chi connectivity index (χ4n) is 1.95. The molecule has 0 unspecified atom stereocenters. The van der Waals surface area contributed by atoms with Crippen molar-refractivity contribution in [3.05, 3.63) is 52.9 Å². The smallest absolute Gasteiger partial charge is 0.218 e. The van der Waals surface area contributed by atoms with E-state index in [9.17, 15) is 0 Å². The molecule has 0 aliphatic heterocycles. The zero-order chi connectivity index (χ0) is 14.2. The number of hydrogen-bond acceptors (Lipinski definition) is 3. The Hall–Kier alpha value is -1.61. The second-order valence-electron chi connectivity index (χ2n) is 4.63. The predicted octanol–water partition coefficient (Wildman–Crippen LogP) is 4.09. The molecule has 0 bridgehead atoms. The zero-order valence-corrected chi connectivity index (χ0v) is 12.4. The van der Waals surface area contributed by atoms with E-state index in [0.717, 1.165) is 31.5 Å². The molecular weight excluding hydrogens is 272 g/mol. The second kappa shape index (κ2) is 7.85. The molecule has 0 amide bonds. The van der Waals surface area contributed by atoms with Crippen LogP contribution in [-0.2, 0) is 12.8 Å². The summed E-state index contributed by atoms with van der Waals surface area (Å²) in [7, 11) is 0. The molecule has 106 valence electrons. The highest BCUT2D eigenvalue weighted by molar-refractivity contribution is 6.29. The van der Waals surface area contributed by atoms with Crippen LogP contribution in [0.4, 0.5) is 0 Å². The van der Waals surface area contributed by atoms with Crippen LogP contribution in [0.3, 0.4) is 0 Å². The van der Waals surface area contributed by atoms with Crippen molar-refractivity contribution in [3.8, 4) is 5.88 Å². The molecule has 0 radical (unpaired) electrons. The molecule has 0 aliphatic carbocycles. The predicted molar refractivity (Wildman–Crippen MR) is 81.3 cm³/mol.